The fourth-order valence-electron chi connectivity index (χ4n) is 8.80. The Bertz CT molecular complexity index is 2390. The third kappa shape index (κ3) is 7.65. The van der Waals surface area contributed by atoms with Gasteiger partial charge in [-0.3, -0.25) is 48.9 Å². The molecule has 59 heavy (non-hydrogen) atoms. The molecule has 3 fully saturated rings. The SMILES string of the molecule is COc1cc(-c2cn(C)c(=O)c3cnccc23)cc(OC)c1CN1CC2(CCN(C(=O)CCOCCOc3ccc4c(c3)C(=O)N(C3CCC(=O)NC3=O)C4=O)CC2)C1. The van der Waals surface area contributed by atoms with E-state index in [9.17, 15) is 28.8 Å². The van der Waals surface area contributed by atoms with Crippen molar-refractivity contribution in [2.24, 2.45) is 12.5 Å². The highest BCUT2D eigenvalue weighted by atomic mass is 16.5. The summed E-state index contributed by atoms with van der Waals surface area (Å²) in [6, 6.07) is 9.35. The molecule has 1 unspecified atom stereocenters. The lowest BCUT2D eigenvalue weighted by atomic mass is 9.72. The first-order chi connectivity index (χ1) is 28.5. The van der Waals surface area contributed by atoms with Crippen molar-refractivity contribution >= 4 is 40.3 Å². The first-order valence-electron chi connectivity index (χ1n) is 19.7. The van der Waals surface area contributed by atoms with E-state index in [1.807, 2.05) is 29.3 Å². The molecule has 0 radical (unpaired) electrons. The third-order valence-electron chi connectivity index (χ3n) is 11.9. The fourth-order valence-corrected chi connectivity index (χ4v) is 8.80. The lowest BCUT2D eigenvalue weighted by Gasteiger charge is -2.54. The number of piperidine rings is 2. The van der Waals surface area contributed by atoms with E-state index >= 15 is 0 Å². The number of benzene rings is 2. The quantitative estimate of drug-likeness (QED) is 0.155. The van der Waals surface area contributed by atoms with Crippen LogP contribution in [-0.4, -0.2) is 120 Å². The van der Waals surface area contributed by atoms with Gasteiger partial charge in [-0.05, 0) is 72.0 Å². The summed E-state index contributed by atoms with van der Waals surface area (Å²) < 4.78 is 24.8. The molecule has 1 atom stereocenters. The van der Waals surface area contributed by atoms with Crippen LogP contribution in [0, 0.1) is 5.41 Å². The molecule has 4 aliphatic heterocycles. The van der Waals surface area contributed by atoms with Crippen LogP contribution >= 0.6 is 0 Å². The van der Waals surface area contributed by atoms with Gasteiger partial charge >= 0.3 is 0 Å². The van der Waals surface area contributed by atoms with Crippen molar-refractivity contribution in [1.82, 2.24) is 29.6 Å². The van der Waals surface area contributed by atoms with Gasteiger partial charge in [-0.15, -0.1) is 0 Å². The van der Waals surface area contributed by atoms with E-state index in [1.165, 1.54) is 12.1 Å². The summed E-state index contributed by atoms with van der Waals surface area (Å²) in [6.45, 7) is 4.51. The van der Waals surface area contributed by atoms with Crippen LogP contribution in [0.5, 0.6) is 17.2 Å². The van der Waals surface area contributed by atoms with Gasteiger partial charge < -0.3 is 28.4 Å². The topological polar surface area (TPSA) is 179 Å². The van der Waals surface area contributed by atoms with Gasteiger partial charge in [-0.1, -0.05) is 0 Å². The second-order valence-corrected chi connectivity index (χ2v) is 15.6. The standard InChI is InChI=1S/C43H46N6O10/c1-46-22-32(28-8-12-44-21-31(28)40(46)53)26-18-35(56-2)33(36(19-26)57-3)23-47-24-43(25-47)10-13-48(14-11-43)38(51)9-15-58-16-17-59-27-4-5-29-30(20-27)42(55)49(41(29)54)34-6-7-37(50)45-39(34)52/h4-5,8,12,18-22,34H,6-7,9-11,13-17,23-25H2,1-3H3,(H,45,50,52). The van der Waals surface area contributed by atoms with E-state index in [4.69, 9.17) is 18.9 Å². The molecule has 1 N–H and O–H groups in total. The largest absolute Gasteiger partial charge is 0.496 e. The first-order valence-corrected chi connectivity index (χ1v) is 19.7. The van der Waals surface area contributed by atoms with E-state index < -0.39 is 29.7 Å². The number of nitrogens with zero attached hydrogens (tertiary/aromatic N) is 5. The normalized spacial score (nSPS) is 18.9. The maximum atomic E-state index is 13.1. The molecular formula is C43H46N6O10. The zero-order valence-electron chi connectivity index (χ0n) is 33.3. The second kappa shape index (κ2) is 16.3. The average molecular weight is 807 g/mol. The van der Waals surface area contributed by atoms with Crippen molar-refractivity contribution in [2.75, 3.05) is 60.2 Å². The molecule has 0 bridgehead atoms. The van der Waals surface area contributed by atoms with Gasteiger partial charge in [-0.2, -0.15) is 0 Å². The summed E-state index contributed by atoms with van der Waals surface area (Å²) in [5.41, 5.74) is 3.08. The summed E-state index contributed by atoms with van der Waals surface area (Å²) >= 11 is 0. The van der Waals surface area contributed by atoms with Crippen molar-refractivity contribution in [1.29, 1.82) is 0 Å². The number of carbonyl (C=O) groups is 5. The number of hydrogen-bond acceptors (Lipinski definition) is 12. The molecule has 0 saturated carbocycles. The van der Waals surface area contributed by atoms with E-state index in [0.29, 0.717) is 42.3 Å². The number of methoxy groups -OCH3 is 2. The number of fused-ring (bicyclic) bond motifs is 2. The summed E-state index contributed by atoms with van der Waals surface area (Å²) in [5.74, 6) is -0.430. The van der Waals surface area contributed by atoms with Crippen molar-refractivity contribution < 1.29 is 42.9 Å². The monoisotopic (exact) mass is 806 g/mol. The van der Waals surface area contributed by atoms with Crippen LogP contribution < -0.4 is 25.1 Å². The number of likely N-dealkylation sites (tertiary alicyclic amines) is 2. The van der Waals surface area contributed by atoms with Gasteiger partial charge in [0.2, 0.25) is 17.7 Å². The molecule has 2 aromatic carbocycles. The van der Waals surface area contributed by atoms with E-state index in [-0.39, 0.29) is 67.1 Å². The predicted molar refractivity (Wildman–Crippen MR) is 213 cm³/mol. The number of imide groups is 2. The molecule has 3 saturated heterocycles. The Kier molecular flexibility index (Phi) is 10.9. The number of aryl methyl sites for hydroxylation is 1. The Morgan fingerprint density at radius 2 is 1.61 bits per heavy atom. The van der Waals surface area contributed by atoms with E-state index in [1.54, 1.807) is 44.3 Å². The third-order valence-corrected chi connectivity index (χ3v) is 11.9. The summed E-state index contributed by atoms with van der Waals surface area (Å²) in [6.07, 6.45) is 7.34. The van der Waals surface area contributed by atoms with Crippen LogP contribution in [0.15, 0.2) is 59.8 Å². The molecular weight excluding hydrogens is 761 g/mol. The van der Waals surface area contributed by atoms with Crippen LogP contribution in [-0.2, 0) is 32.7 Å². The molecule has 2 aromatic heterocycles. The maximum Gasteiger partial charge on any atom is 0.262 e. The van der Waals surface area contributed by atoms with Crippen LogP contribution in [0.1, 0.15) is 58.4 Å². The van der Waals surface area contributed by atoms with Crippen LogP contribution in [0.3, 0.4) is 0 Å². The van der Waals surface area contributed by atoms with E-state index in [2.05, 4.69) is 15.2 Å². The Hall–Kier alpha value is -6.13. The number of ether oxygens (including phenoxy) is 4. The Morgan fingerprint density at radius 3 is 2.32 bits per heavy atom. The number of aromatic nitrogens is 2. The van der Waals surface area contributed by atoms with Gasteiger partial charge in [-0.25, -0.2) is 0 Å². The molecule has 1 spiro atoms. The Morgan fingerprint density at radius 1 is 0.881 bits per heavy atom. The van der Waals surface area contributed by atoms with Crippen molar-refractivity contribution in [3.05, 3.63) is 82.0 Å². The van der Waals surface area contributed by atoms with Crippen LogP contribution in [0.2, 0.25) is 0 Å². The highest BCUT2D eigenvalue weighted by Gasteiger charge is 2.46. The molecule has 4 aromatic rings. The van der Waals surface area contributed by atoms with Crippen LogP contribution in [0.4, 0.5) is 0 Å². The Balaban J connectivity index is 0.774. The van der Waals surface area contributed by atoms with Crippen molar-refractivity contribution in [3.63, 3.8) is 0 Å². The number of pyridine rings is 2. The zero-order valence-corrected chi connectivity index (χ0v) is 33.3. The number of hydrogen-bond donors (Lipinski definition) is 1. The number of nitrogens with one attached hydrogen (secondary N) is 1. The fraction of sp³-hybridized carbons (Fsp3) is 0.419. The van der Waals surface area contributed by atoms with Gasteiger partial charge in [0.15, 0.2) is 0 Å². The molecule has 5 amide bonds. The highest BCUT2D eigenvalue weighted by molar-refractivity contribution is 6.23. The zero-order chi connectivity index (χ0) is 41.4. The number of rotatable bonds is 13. The first kappa shape index (κ1) is 39.7. The van der Waals surface area contributed by atoms with Crippen LogP contribution in [0.25, 0.3) is 21.9 Å². The molecule has 6 heterocycles. The minimum atomic E-state index is -1.03. The minimum Gasteiger partial charge on any atom is -0.496 e. The molecule has 8 rings (SSSR count). The summed E-state index contributed by atoms with van der Waals surface area (Å²) in [4.78, 5) is 85.0. The van der Waals surface area contributed by atoms with Gasteiger partial charge in [0.05, 0.1) is 55.9 Å². The molecule has 0 aliphatic carbocycles. The minimum absolute atomic E-state index is 0.0486. The van der Waals surface area contributed by atoms with E-state index in [0.717, 1.165) is 52.9 Å². The number of carbonyl (C=O) groups excluding carboxylic acids is 5. The summed E-state index contributed by atoms with van der Waals surface area (Å²) in [7, 11) is 5.04. The maximum absolute atomic E-state index is 13.1. The second-order valence-electron chi connectivity index (χ2n) is 15.6. The van der Waals surface area contributed by atoms with Gasteiger partial charge in [0.1, 0.15) is 29.9 Å². The average Bonchev–Trinajstić information content (AvgIpc) is 3.47. The molecule has 16 heteroatoms. The molecule has 16 nitrogen and oxygen atoms in total. The summed E-state index contributed by atoms with van der Waals surface area (Å²) in [5, 5.41) is 3.54. The lowest BCUT2D eigenvalue weighted by Crippen LogP contribution is -2.60. The smallest absolute Gasteiger partial charge is 0.262 e. The lowest BCUT2D eigenvalue weighted by molar-refractivity contribution is -0.138. The Labute approximate surface area is 339 Å². The van der Waals surface area contributed by atoms with Gasteiger partial charge in [0, 0.05) is 70.3 Å². The molecule has 308 valence electrons. The highest BCUT2D eigenvalue weighted by Crippen LogP contribution is 2.44. The predicted octanol–water partition coefficient (Wildman–Crippen LogP) is 2.93. The van der Waals surface area contributed by atoms with Crippen molar-refractivity contribution in [3.8, 4) is 28.4 Å². The van der Waals surface area contributed by atoms with Crippen molar-refractivity contribution in [2.45, 2.75) is 44.7 Å². The number of amides is 5. The molecule has 4 aliphatic rings. The van der Waals surface area contributed by atoms with Gasteiger partial charge in [0.25, 0.3) is 17.4 Å².